The number of aryl methyl sites for hydroxylation is 1. The van der Waals surface area contributed by atoms with Gasteiger partial charge in [0.1, 0.15) is 12.1 Å². The average Bonchev–Trinajstić information content (AvgIpc) is 3.37. The Bertz CT molecular complexity index is 2260. The van der Waals surface area contributed by atoms with Crippen LogP contribution in [0.3, 0.4) is 0 Å². The minimum Gasteiger partial charge on any atom is -0.493 e. The maximum atomic E-state index is 14.1. The van der Waals surface area contributed by atoms with Crippen LogP contribution in [-0.2, 0) is 6.54 Å². The van der Waals surface area contributed by atoms with E-state index in [1.54, 1.807) is 44.6 Å². The van der Waals surface area contributed by atoms with Crippen molar-refractivity contribution in [1.29, 1.82) is 0 Å². The third-order valence-electron chi connectivity index (χ3n) is 9.26. The standard InChI is InChI=1S/C34H31N7O8/c1-48-28-17-24-26(18-29(28)49-2)35-19-36-30(24)37-14-10-20(11-15-37)40-33(44)25-16-21(41(46)47)8-9-27(25)38(34(40)45)12-5-13-39-31(42)22-6-3-4-7-23(22)32(39)43/h3-4,6-9,16-20H,5,10-15H2,1-2H3. The minimum atomic E-state index is -0.608. The number of carbonyl (C=O) groups is 2. The topological polar surface area (TPSA) is 172 Å². The SMILES string of the molecule is COc1cc2ncnc(N3CCC(n4c(=O)c5cc([N+](=O)[O-])ccc5n(CCCN5C(=O)c6ccccc6C5=O)c4=O)CC3)c2cc1OC. The number of non-ortho nitro benzene ring substituents is 1. The summed E-state index contributed by atoms with van der Waals surface area (Å²) in [7, 11) is 3.10. The molecule has 1 saturated heterocycles. The summed E-state index contributed by atoms with van der Waals surface area (Å²) in [5.41, 5.74) is 0.131. The molecular weight excluding hydrogens is 634 g/mol. The van der Waals surface area contributed by atoms with Gasteiger partial charge >= 0.3 is 5.69 Å². The first-order valence-corrected chi connectivity index (χ1v) is 15.7. The van der Waals surface area contributed by atoms with Crippen LogP contribution in [0.5, 0.6) is 11.5 Å². The van der Waals surface area contributed by atoms with E-state index in [-0.39, 0.29) is 36.1 Å². The van der Waals surface area contributed by atoms with Gasteiger partial charge in [-0.1, -0.05) is 12.1 Å². The maximum absolute atomic E-state index is 14.1. The van der Waals surface area contributed by atoms with Crippen LogP contribution in [0.1, 0.15) is 46.0 Å². The van der Waals surface area contributed by atoms with Gasteiger partial charge in [0.2, 0.25) is 0 Å². The van der Waals surface area contributed by atoms with Gasteiger partial charge in [-0.05, 0) is 43.5 Å². The number of imide groups is 1. The molecule has 4 heterocycles. The summed E-state index contributed by atoms with van der Waals surface area (Å²) < 4.78 is 13.5. The van der Waals surface area contributed by atoms with Crippen molar-refractivity contribution < 1.29 is 24.0 Å². The van der Waals surface area contributed by atoms with E-state index in [0.717, 1.165) is 10.3 Å². The van der Waals surface area contributed by atoms with Crippen LogP contribution in [0.2, 0.25) is 0 Å². The predicted octanol–water partition coefficient (Wildman–Crippen LogP) is 3.56. The summed E-state index contributed by atoms with van der Waals surface area (Å²) in [6.45, 7) is 1.04. The van der Waals surface area contributed by atoms with Crippen molar-refractivity contribution in [3.8, 4) is 11.5 Å². The lowest BCUT2D eigenvalue weighted by Gasteiger charge is -2.34. The van der Waals surface area contributed by atoms with Crippen molar-refractivity contribution in [3.63, 3.8) is 0 Å². The molecule has 0 bridgehead atoms. The Kier molecular flexibility index (Phi) is 8.02. The molecule has 0 unspecified atom stereocenters. The lowest BCUT2D eigenvalue weighted by Crippen LogP contribution is -2.46. The van der Waals surface area contributed by atoms with Crippen LogP contribution in [0, 0.1) is 10.1 Å². The van der Waals surface area contributed by atoms with E-state index in [4.69, 9.17) is 9.47 Å². The van der Waals surface area contributed by atoms with Crippen LogP contribution < -0.4 is 25.6 Å². The van der Waals surface area contributed by atoms with Crippen molar-refractivity contribution in [1.82, 2.24) is 24.0 Å². The number of benzene rings is 3. The highest BCUT2D eigenvalue weighted by atomic mass is 16.6. The molecule has 2 aliphatic heterocycles. The number of ether oxygens (including phenoxy) is 2. The third kappa shape index (κ3) is 5.32. The van der Waals surface area contributed by atoms with E-state index in [9.17, 15) is 29.3 Å². The summed E-state index contributed by atoms with van der Waals surface area (Å²) in [6, 6.07) is 13.5. The molecule has 0 aliphatic carbocycles. The number of piperidine rings is 1. The summed E-state index contributed by atoms with van der Waals surface area (Å²) in [6.07, 6.45) is 2.53. The molecule has 250 valence electrons. The van der Waals surface area contributed by atoms with Gasteiger partial charge in [0.15, 0.2) is 11.5 Å². The number of aromatic nitrogens is 4. The van der Waals surface area contributed by atoms with Gasteiger partial charge in [0.05, 0.1) is 46.7 Å². The van der Waals surface area contributed by atoms with Crippen LogP contribution in [0.25, 0.3) is 21.8 Å². The van der Waals surface area contributed by atoms with Crippen LogP contribution >= 0.6 is 0 Å². The number of nitrogens with zero attached hydrogens (tertiary/aromatic N) is 7. The maximum Gasteiger partial charge on any atom is 0.331 e. The lowest BCUT2D eigenvalue weighted by molar-refractivity contribution is -0.384. The zero-order chi connectivity index (χ0) is 34.4. The first-order valence-electron chi connectivity index (χ1n) is 15.7. The summed E-state index contributed by atoms with van der Waals surface area (Å²) in [5, 5.41) is 12.4. The number of hydrogen-bond acceptors (Lipinski definition) is 11. The van der Waals surface area contributed by atoms with Gasteiger partial charge < -0.3 is 14.4 Å². The number of carbonyl (C=O) groups excluding carboxylic acids is 2. The fraction of sp³-hybridized carbons (Fsp3) is 0.294. The Morgan fingerprint density at radius 2 is 1.53 bits per heavy atom. The monoisotopic (exact) mass is 665 g/mol. The molecular formula is C34H31N7O8. The molecule has 7 rings (SSSR count). The van der Waals surface area contributed by atoms with Crippen LogP contribution in [0.15, 0.2) is 70.5 Å². The summed E-state index contributed by atoms with van der Waals surface area (Å²) in [4.78, 5) is 77.0. The first-order chi connectivity index (χ1) is 23.7. The van der Waals surface area contributed by atoms with Crippen molar-refractivity contribution in [2.24, 2.45) is 0 Å². The molecule has 2 aromatic heterocycles. The van der Waals surface area contributed by atoms with Crippen LogP contribution in [-0.4, -0.2) is 74.6 Å². The Morgan fingerprint density at radius 3 is 2.18 bits per heavy atom. The second-order valence-corrected chi connectivity index (χ2v) is 11.9. The molecule has 0 atom stereocenters. The van der Waals surface area contributed by atoms with Crippen molar-refractivity contribution >= 4 is 45.1 Å². The fourth-order valence-electron chi connectivity index (χ4n) is 6.82. The zero-order valence-corrected chi connectivity index (χ0v) is 26.7. The van der Waals surface area contributed by atoms with Crippen molar-refractivity contribution in [3.05, 3.63) is 103 Å². The minimum absolute atomic E-state index is 0.0415. The highest BCUT2D eigenvalue weighted by Gasteiger charge is 2.35. The molecule has 5 aromatic rings. The van der Waals surface area contributed by atoms with Gasteiger partial charge in [-0.15, -0.1) is 0 Å². The van der Waals surface area contributed by atoms with E-state index in [1.807, 2.05) is 6.07 Å². The Balaban J connectivity index is 1.18. The zero-order valence-electron chi connectivity index (χ0n) is 26.7. The fourth-order valence-corrected chi connectivity index (χ4v) is 6.82. The molecule has 2 aliphatic rings. The molecule has 15 nitrogen and oxygen atoms in total. The highest BCUT2D eigenvalue weighted by molar-refractivity contribution is 6.21. The normalized spacial score (nSPS) is 14.9. The number of fused-ring (bicyclic) bond motifs is 3. The molecule has 0 saturated carbocycles. The number of methoxy groups -OCH3 is 2. The van der Waals surface area contributed by atoms with Gasteiger partial charge in [-0.25, -0.2) is 14.8 Å². The predicted molar refractivity (Wildman–Crippen MR) is 179 cm³/mol. The van der Waals surface area contributed by atoms with Gasteiger partial charge in [0, 0.05) is 55.8 Å². The molecule has 49 heavy (non-hydrogen) atoms. The molecule has 0 radical (unpaired) electrons. The van der Waals surface area contributed by atoms with E-state index in [1.165, 1.54) is 33.7 Å². The summed E-state index contributed by atoms with van der Waals surface area (Å²) >= 11 is 0. The molecule has 1 fully saturated rings. The van der Waals surface area contributed by atoms with Crippen molar-refractivity contribution in [2.75, 3.05) is 38.8 Å². The first kappa shape index (κ1) is 31.5. The Labute approximate surface area is 278 Å². The molecule has 0 spiro atoms. The van der Waals surface area contributed by atoms with Crippen molar-refractivity contribution in [2.45, 2.75) is 31.8 Å². The Hall–Kier alpha value is -6.12. The lowest BCUT2D eigenvalue weighted by atomic mass is 10.0. The second kappa shape index (κ2) is 12.5. The molecule has 3 aromatic carbocycles. The number of nitro benzene ring substituents is 1. The number of nitro groups is 1. The van der Waals surface area contributed by atoms with Crippen LogP contribution in [0.4, 0.5) is 11.5 Å². The number of amides is 2. The quantitative estimate of drug-likeness (QED) is 0.128. The Morgan fingerprint density at radius 1 is 0.857 bits per heavy atom. The third-order valence-corrected chi connectivity index (χ3v) is 9.26. The van der Waals surface area contributed by atoms with Gasteiger partial charge in [0.25, 0.3) is 23.1 Å². The largest absolute Gasteiger partial charge is 0.493 e. The van der Waals surface area contributed by atoms with E-state index >= 15 is 0 Å². The second-order valence-electron chi connectivity index (χ2n) is 11.9. The van der Waals surface area contributed by atoms with Gasteiger partial charge in [-0.3, -0.25) is 38.5 Å². The molecule has 15 heteroatoms. The van der Waals surface area contributed by atoms with E-state index < -0.39 is 34.0 Å². The molecule has 0 N–H and O–H groups in total. The van der Waals surface area contributed by atoms with Gasteiger partial charge in [-0.2, -0.15) is 0 Å². The number of anilines is 1. The average molecular weight is 666 g/mol. The van der Waals surface area contributed by atoms with E-state index in [2.05, 4.69) is 14.9 Å². The number of rotatable bonds is 9. The highest BCUT2D eigenvalue weighted by Crippen LogP contribution is 2.36. The van der Waals surface area contributed by atoms with E-state index in [0.29, 0.717) is 59.9 Å². The smallest absolute Gasteiger partial charge is 0.331 e. The summed E-state index contributed by atoms with van der Waals surface area (Å²) in [5.74, 6) is 0.936. The molecule has 2 amide bonds. The number of hydrogen-bond donors (Lipinski definition) is 0.